The van der Waals surface area contributed by atoms with E-state index in [0.717, 1.165) is 16.9 Å². The highest BCUT2D eigenvalue weighted by Gasteiger charge is 1.99. The molecular weight excluding hydrogens is 184 g/mol. The minimum atomic E-state index is 0.877. The smallest absolute Gasteiger partial charge is 0.119 e. The molecule has 0 N–H and O–H groups in total. The molecule has 1 heteroatoms. The van der Waals surface area contributed by atoms with Crippen molar-refractivity contribution in [3.05, 3.63) is 54.1 Å². The Labute approximate surface area is 90.3 Å². The summed E-state index contributed by atoms with van der Waals surface area (Å²) in [7, 11) is 1.68. The minimum absolute atomic E-state index is 0.877. The molecule has 1 radical (unpaired) electrons. The molecule has 0 bridgehead atoms. The van der Waals surface area contributed by atoms with E-state index in [1.165, 1.54) is 5.56 Å². The first-order chi connectivity index (χ1) is 7.29. The molecule has 0 spiro atoms. The van der Waals surface area contributed by atoms with Crippen LogP contribution in [0.3, 0.4) is 0 Å². The Morgan fingerprint density at radius 3 is 2.73 bits per heavy atom. The van der Waals surface area contributed by atoms with E-state index in [0.29, 0.717) is 0 Å². The fraction of sp³-hybridized carbons (Fsp3) is 0.143. The second-order valence-electron chi connectivity index (χ2n) is 3.51. The summed E-state index contributed by atoms with van der Waals surface area (Å²) in [5, 5.41) is 0. The first-order valence-corrected chi connectivity index (χ1v) is 4.92. The Bertz CT molecular complexity index is 460. The van der Waals surface area contributed by atoms with Crippen LogP contribution < -0.4 is 4.74 Å². The van der Waals surface area contributed by atoms with Gasteiger partial charge in [0.2, 0.25) is 0 Å². The van der Waals surface area contributed by atoms with Gasteiger partial charge in [-0.2, -0.15) is 0 Å². The Kier molecular flexibility index (Phi) is 2.72. The van der Waals surface area contributed by atoms with Gasteiger partial charge in [-0.15, -0.1) is 0 Å². The van der Waals surface area contributed by atoms with Gasteiger partial charge in [0.25, 0.3) is 0 Å². The number of benzene rings is 2. The molecule has 0 atom stereocenters. The highest BCUT2D eigenvalue weighted by Crippen LogP contribution is 2.23. The fourth-order valence-corrected chi connectivity index (χ4v) is 1.54. The molecule has 0 heterocycles. The largest absolute Gasteiger partial charge is 0.497 e. The second kappa shape index (κ2) is 4.18. The van der Waals surface area contributed by atoms with E-state index in [1.54, 1.807) is 7.11 Å². The summed E-state index contributed by atoms with van der Waals surface area (Å²) in [6, 6.07) is 17.4. The maximum atomic E-state index is 5.19. The highest BCUT2D eigenvalue weighted by molar-refractivity contribution is 5.65. The number of hydrogen-bond acceptors (Lipinski definition) is 1. The van der Waals surface area contributed by atoms with Gasteiger partial charge in [-0.1, -0.05) is 35.9 Å². The van der Waals surface area contributed by atoms with Crippen molar-refractivity contribution < 1.29 is 4.74 Å². The summed E-state index contributed by atoms with van der Waals surface area (Å²) >= 11 is 0. The average Bonchev–Trinajstić information content (AvgIpc) is 2.29. The zero-order chi connectivity index (χ0) is 10.7. The van der Waals surface area contributed by atoms with Crippen molar-refractivity contribution in [2.24, 2.45) is 0 Å². The first-order valence-electron chi connectivity index (χ1n) is 4.92. The van der Waals surface area contributed by atoms with E-state index in [1.807, 2.05) is 30.3 Å². The van der Waals surface area contributed by atoms with E-state index in [-0.39, 0.29) is 0 Å². The van der Waals surface area contributed by atoms with Crippen molar-refractivity contribution in [1.29, 1.82) is 0 Å². The van der Waals surface area contributed by atoms with Crippen molar-refractivity contribution >= 4 is 0 Å². The molecule has 2 rings (SSSR count). The van der Waals surface area contributed by atoms with Crippen LogP contribution in [-0.4, -0.2) is 7.11 Å². The number of aryl methyl sites for hydroxylation is 1. The van der Waals surface area contributed by atoms with Gasteiger partial charge in [0.05, 0.1) is 7.11 Å². The average molecular weight is 197 g/mol. The number of ether oxygens (including phenoxy) is 1. The topological polar surface area (TPSA) is 9.23 Å². The zero-order valence-electron chi connectivity index (χ0n) is 8.95. The Morgan fingerprint density at radius 1 is 1.13 bits per heavy atom. The molecule has 15 heavy (non-hydrogen) atoms. The van der Waals surface area contributed by atoms with Crippen molar-refractivity contribution in [3.63, 3.8) is 0 Å². The lowest BCUT2D eigenvalue weighted by Gasteiger charge is -2.04. The molecule has 0 aliphatic rings. The molecule has 75 valence electrons. The number of methoxy groups -OCH3 is 1. The standard InChI is InChI=1S/C14H13O/c1-11-5-3-6-12(9-11)13-7-4-8-14(10-13)15-2/h3-5,7-10H,1-2H3. The van der Waals surface area contributed by atoms with Crippen molar-refractivity contribution in [3.8, 4) is 16.9 Å². The maximum Gasteiger partial charge on any atom is 0.119 e. The molecule has 0 amide bonds. The predicted molar refractivity (Wildman–Crippen MR) is 62.0 cm³/mol. The van der Waals surface area contributed by atoms with Gasteiger partial charge < -0.3 is 4.74 Å². The Hall–Kier alpha value is -1.76. The van der Waals surface area contributed by atoms with Crippen LogP contribution in [0.1, 0.15) is 5.56 Å². The Balaban J connectivity index is 2.44. The quantitative estimate of drug-likeness (QED) is 0.716. The van der Waals surface area contributed by atoms with E-state index < -0.39 is 0 Å². The van der Waals surface area contributed by atoms with Gasteiger partial charge in [0.15, 0.2) is 0 Å². The maximum absolute atomic E-state index is 5.19. The third-order valence-corrected chi connectivity index (χ3v) is 2.34. The van der Waals surface area contributed by atoms with Crippen molar-refractivity contribution in [2.45, 2.75) is 6.92 Å². The predicted octanol–water partition coefficient (Wildman–Crippen LogP) is 3.47. The molecular formula is C14H13O. The molecule has 0 saturated carbocycles. The molecule has 2 aromatic carbocycles. The van der Waals surface area contributed by atoms with Crippen molar-refractivity contribution in [1.82, 2.24) is 0 Å². The molecule has 0 saturated heterocycles. The fourth-order valence-electron chi connectivity index (χ4n) is 1.54. The van der Waals surface area contributed by atoms with Crippen LogP contribution in [0.4, 0.5) is 0 Å². The normalized spacial score (nSPS) is 10.0. The molecule has 1 nitrogen and oxygen atoms in total. The highest BCUT2D eigenvalue weighted by atomic mass is 16.5. The second-order valence-corrected chi connectivity index (χ2v) is 3.51. The number of hydrogen-bond donors (Lipinski definition) is 0. The zero-order valence-corrected chi connectivity index (χ0v) is 8.95. The lowest BCUT2D eigenvalue weighted by atomic mass is 10.0. The Morgan fingerprint density at radius 2 is 2.00 bits per heavy atom. The molecule has 2 aromatic rings. The van der Waals surface area contributed by atoms with Crippen molar-refractivity contribution in [2.75, 3.05) is 7.11 Å². The summed E-state index contributed by atoms with van der Waals surface area (Å²) in [6.45, 7) is 2.08. The monoisotopic (exact) mass is 197 g/mol. The van der Waals surface area contributed by atoms with Crippen LogP contribution in [0.25, 0.3) is 11.1 Å². The summed E-state index contributed by atoms with van der Waals surface area (Å²) < 4.78 is 5.19. The van der Waals surface area contributed by atoms with Crippen LogP contribution in [0, 0.1) is 13.0 Å². The first kappa shape index (κ1) is 9.78. The van der Waals surface area contributed by atoms with Gasteiger partial charge >= 0.3 is 0 Å². The lowest BCUT2D eigenvalue weighted by molar-refractivity contribution is 0.415. The van der Waals surface area contributed by atoms with Crippen LogP contribution in [0.15, 0.2) is 42.5 Å². The van der Waals surface area contributed by atoms with E-state index >= 15 is 0 Å². The summed E-state index contributed by atoms with van der Waals surface area (Å²) in [6.07, 6.45) is 0. The molecule has 0 fully saturated rings. The summed E-state index contributed by atoms with van der Waals surface area (Å²) in [5.41, 5.74) is 3.48. The van der Waals surface area contributed by atoms with Gasteiger partial charge in [0, 0.05) is 0 Å². The summed E-state index contributed by atoms with van der Waals surface area (Å²) in [5.74, 6) is 0.877. The van der Waals surface area contributed by atoms with E-state index in [9.17, 15) is 0 Å². The van der Waals surface area contributed by atoms with Gasteiger partial charge in [-0.25, -0.2) is 0 Å². The molecule has 0 aromatic heterocycles. The molecule has 0 unspecified atom stereocenters. The minimum Gasteiger partial charge on any atom is -0.497 e. The van der Waals surface area contributed by atoms with Gasteiger partial charge in [-0.05, 0) is 36.2 Å². The van der Waals surface area contributed by atoms with Gasteiger partial charge in [0.1, 0.15) is 5.75 Å². The lowest BCUT2D eigenvalue weighted by Crippen LogP contribution is -1.84. The summed E-state index contributed by atoms with van der Waals surface area (Å²) in [4.78, 5) is 0. The van der Waals surface area contributed by atoms with E-state index in [2.05, 4.69) is 25.1 Å². The molecule has 0 aliphatic carbocycles. The van der Waals surface area contributed by atoms with E-state index in [4.69, 9.17) is 4.74 Å². The molecule has 0 aliphatic heterocycles. The number of rotatable bonds is 2. The third-order valence-electron chi connectivity index (χ3n) is 2.34. The SMILES string of the molecule is COc1cccc(-c2[c]ccc(C)c2)c1. The van der Waals surface area contributed by atoms with Crippen LogP contribution >= 0.6 is 0 Å². The van der Waals surface area contributed by atoms with Gasteiger partial charge in [-0.3, -0.25) is 0 Å². The third kappa shape index (κ3) is 2.18. The van der Waals surface area contributed by atoms with Crippen LogP contribution in [0.5, 0.6) is 5.75 Å². The van der Waals surface area contributed by atoms with Crippen LogP contribution in [0.2, 0.25) is 0 Å². The van der Waals surface area contributed by atoms with Crippen LogP contribution in [-0.2, 0) is 0 Å².